The molecule has 2 bridgehead atoms. The summed E-state index contributed by atoms with van der Waals surface area (Å²) in [5.74, 6) is -0.542. The number of ketones is 1. The molecule has 1 saturated heterocycles. The molecule has 0 spiro atoms. The van der Waals surface area contributed by atoms with E-state index in [1.165, 1.54) is 37.1 Å². The number of nitrogens with zero attached hydrogens (tertiary/aromatic N) is 1. The summed E-state index contributed by atoms with van der Waals surface area (Å²) in [5.41, 5.74) is -0.0529. The van der Waals surface area contributed by atoms with E-state index >= 15 is 0 Å². The number of thioether (sulfide) groups is 1. The lowest BCUT2D eigenvalue weighted by atomic mass is 9.53. The Morgan fingerprint density at radius 2 is 1.85 bits per heavy atom. The van der Waals surface area contributed by atoms with E-state index in [-0.39, 0.29) is 46.7 Å². The van der Waals surface area contributed by atoms with Crippen molar-refractivity contribution in [1.29, 1.82) is 0 Å². The first-order valence-corrected chi connectivity index (χ1v) is 11.8. The number of benzene rings is 2. The van der Waals surface area contributed by atoms with Crippen molar-refractivity contribution in [2.75, 3.05) is 20.7 Å². The van der Waals surface area contributed by atoms with Crippen LogP contribution in [0.25, 0.3) is 0 Å². The summed E-state index contributed by atoms with van der Waals surface area (Å²) in [6.07, 6.45) is -1.81. The van der Waals surface area contributed by atoms with Crippen LogP contribution < -0.4 is 0 Å². The summed E-state index contributed by atoms with van der Waals surface area (Å²) in [6, 6.07) is 8.14. The zero-order valence-corrected chi connectivity index (χ0v) is 19.4. The Balaban J connectivity index is 1.67. The molecule has 1 heterocycles. The largest absolute Gasteiger partial charge is 0.504 e. The molecule has 2 aliphatic carbocycles. The number of hydrogen-bond donors (Lipinski definition) is 2. The molecule has 0 radical (unpaired) electrons. The predicted octanol–water partition coefficient (Wildman–Crippen LogP) is 5.02. The van der Waals surface area contributed by atoms with Crippen molar-refractivity contribution < 1.29 is 32.9 Å². The summed E-state index contributed by atoms with van der Waals surface area (Å²) >= 11 is 1.42. The van der Waals surface area contributed by atoms with E-state index in [9.17, 15) is 28.2 Å². The van der Waals surface area contributed by atoms with E-state index in [0.29, 0.717) is 23.4 Å². The maximum absolute atomic E-state index is 13.1. The highest BCUT2D eigenvalue weighted by molar-refractivity contribution is 7.99. The fraction of sp³-hybridized carbons (Fsp3) is 0.400. The van der Waals surface area contributed by atoms with Crippen molar-refractivity contribution >= 4 is 17.5 Å². The Bertz CT molecular complexity index is 1180. The van der Waals surface area contributed by atoms with Gasteiger partial charge in [-0.05, 0) is 62.0 Å². The fourth-order valence-electron chi connectivity index (χ4n) is 5.91. The molecule has 34 heavy (non-hydrogen) atoms. The van der Waals surface area contributed by atoms with Gasteiger partial charge in [0.2, 0.25) is 0 Å². The number of ether oxygens (including phenoxy) is 1. The standard InChI is InChI=1S/C25H24F3NO4S/c1-29-10-9-24-12-18(31)19(33-2)11-16(24)21(29)23(15-7-8-17(30)22(32)20(15)24)34-14-5-3-13(4-6-14)25(26,27)28/h3-8,11,16,21,23,30,32H,9-10,12H2,1-2H3/t16?,21-,23-,24-/m1/s1. The van der Waals surface area contributed by atoms with Gasteiger partial charge in [-0.3, -0.25) is 4.79 Å². The number of allylic oxidation sites excluding steroid dienone is 1. The monoisotopic (exact) mass is 491 g/mol. The minimum Gasteiger partial charge on any atom is -0.504 e. The highest BCUT2D eigenvalue weighted by Gasteiger charge is 2.59. The number of Topliss-reactive ketones (excluding diaryl/α,β-unsaturated/α-hetero) is 1. The normalized spacial score (nSPS) is 28.7. The van der Waals surface area contributed by atoms with Gasteiger partial charge in [-0.25, -0.2) is 0 Å². The Labute approximate surface area is 199 Å². The van der Waals surface area contributed by atoms with Crippen LogP contribution in [-0.4, -0.2) is 47.6 Å². The number of piperidine rings is 1. The highest BCUT2D eigenvalue weighted by Crippen LogP contribution is 2.63. The first kappa shape index (κ1) is 23.1. The number of phenols is 2. The second-order valence-electron chi connectivity index (χ2n) is 9.20. The minimum absolute atomic E-state index is 0.101. The molecule has 2 N–H and O–H groups in total. The van der Waals surface area contributed by atoms with Gasteiger partial charge in [0.1, 0.15) is 0 Å². The number of alkyl halides is 3. The van der Waals surface area contributed by atoms with Crippen LogP contribution in [0.1, 0.15) is 34.8 Å². The molecule has 180 valence electrons. The van der Waals surface area contributed by atoms with E-state index < -0.39 is 17.2 Å². The number of halogens is 3. The van der Waals surface area contributed by atoms with Crippen molar-refractivity contribution in [1.82, 2.24) is 4.90 Å². The van der Waals surface area contributed by atoms with E-state index in [4.69, 9.17) is 4.74 Å². The van der Waals surface area contributed by atoms with Crippen molar-refractivity contribution in [2.45, 2.75) is 40.6 Å². The molecule has 4 atom stereocenters. The molecule has 1 fully saturated rings. The summed E-state index contributed by atoms with van der Waals surface area (Å²) in [7, 11) is 3.45. The van der Waals surface area contributed by atoms with Crippen LogP contribution in [0.4, 0.5) is 13.2 Å². The minimum atomic E-state index is -4.41. The van der Waals surface area contributed by atoms with Crippen LogP contribution in [0.15, 0.2) is 53.1 Å². The smallest absolute Gasteiger partial charge is 0.416 e. The third-order valence-electron chi connectivity index (χ3n) is 7.48. The third kappa shape index (κ3) is 3.40. The Morgan fingerprint density at radius 3 is 2.50 bits per heavy atom. The van der Waals surface area contributed by atoms with Crippen LogP contribution >= 0.6 is 11.8 Å². The number of phenolic OH excluding ortho intramolecular Hbond substituents is 2. The summed E-state index contributed by atoms with van der Waals surface area (Å²) in [6.45, 7) is 0.670. The molecule has 5 nitrogen and oxygen atoms in total. The van der Waals surface area contributed by atoms with E-state index in [1.807, 2.05) is 13.1 Å². The van der Waals surface area contributed by atoms with Crippen molar-refractivity contribution in [3.05, 3.63) is 64.9 Å². The zero-order valence-electron chi connectivity index (χ0n) is 18.6. The molecule has 2 aromatic carbocycles. The molecule has 0 amide bonds. The van der Waals surface area contributed by atoms with Gasteiger partial charge in [0, 0.05) is 34.3 Å². The number of fused-ring (bicyclic) bond motifs is 1. The maximum Gasteiger partial charge on any atom is 0.416 e. The highest BCUT2D eigenvalue weighted by atomic mass is 32.2. The Kier molecular flexibility index (Phi) is 5.40. The number of rotatable bonds is 3. The first-order valence-electron chi connectivity index (χ1n) is 11.0. The molecular formula is C25H24F3NO4S. The molecule has 9 heteroatoms. The van der Waals surface area contributed by atoms with Crippen molar-refractivity contribution in [3.8, 4) is 11.5 Å². The first-order chi connectivity index (χ1) is 16.1. The summed E-state index contributed by atoms with van der Waals surface area (Å²) < 4.78 is 44.5. The predicted molar refractivity (Wildman–Crippen MR) is 121 cm³/mol. The van der Waals surface area contributed by atoms with E-state index in [1.54, 1.807) is 6.07 Å². The van der Waals surface area contributed by atoms with E-state index in [0.717, 1.165) is 17.7 Å². The Morgan fingerprint density at radius 1 is 1.15 bits per heavy atom. The maximum atomic E-state index is 13.1. The summed E-state index contributed by atoms with van der Waals surface area (Å²) in [5, 5.41) is 21.1. The molecule has 5 rings (SSSR count). The lowest BCUT2D eigenvalue weighted by Crippen LogP contribution is -2.61. The molecule has 1 unspecified atom stereocenters. The third-order valence-corrected chi connectivity index (χ3v) is 8.81. The lowest BCUT2D eigenvalue weighted by molar-refractivity contribution is -0.137. The fourth-order valence-corrected chi connectivity index (χ4v) is 7.34. The van der Waals surface area contributed by atoms with Crippen molar-refractivity contribution in [3.63, 3.8) is 0 Å². The molecule has 1 aliphatic heterocycles. The summed E-state index contributed by atoms with van der Waals surface area (Å²) in [4.78, 5) is 15.8. The molecule has 3 aliphatic rings. The zero-order chi connectivity index (χ0) is 24.4. The number of likely N-dealkylation sites (tertiary alicyclic amines) is 1. The quantitative estimate of drug-likeness (QED) is 0.588. The number of hydrogen-bond acceptors (Lipinski definition) is 6. The van der Waals surface area contributed by atoms with Crippen LogP contribution in [-0.2, 0) is 21.1 Å². The van der Waals surface area contributed by atoms with Gasteiger partial charge in [0.25, 0.3) is 0 Å². The van der Waals surface area contributed by atoms with Gasteiger partial charge in [-0.1, -0.05) is 6.07 Å². The van der Waals surface area contributed by atoms with Crippen LogP contribution in [0.3, 0.4) is 0 Å². The number of methoxy groups -OCH3 is 1. The topological polar surface area (TPSA) is 70.0 Å². The SMILES string of the molecule is COC1=CC2[C@@H]3[C@H](Sc4ccc(C(F)(F)F)cc4)c4ccc(O)c(O)c4[C@]2(CCN3C)CC1=O. The number of carbonyl (C=O) groups excluding carboxylic acids is 1. The average Bonchev–Trinajstić information content (AvgIpc) is 2.79. The number of likely N-dealkylation sites (N-methyl/N-ethyl adjacent to an activating group) is 1. The van der Waals surface area contributed by atoms with Crippen LogP contribution in [0.2, 0.25) is 0 Å². The van der Waals surface area contributed by atoms with Gasteiger partial charge in [0.15, 0.2) is 23.0 Å². The number of carbonyl (C=O) groups is 1. The van der Waals surface area contributed by atoms with Crippen LogP contribution in [0.5, 0.6) is 11.5 Å². The molecule has 2 aromatic rings. The van der Waals surface area contributed by atoms with E-state index in [2.05, 4.69) is 4.90 Å². The van der Waals surface area contributed by atoms with Gasteiger partial charge >= 0.3 is 6.18 Å². The molecule has 0 saturated carbocycles. The molecular weight excluding hydrogens is 467 g/mol. The van der Waals surface area contributed by atoms with Crippen LogP contribution in [0, 0.1) is 5.92 Å². The lowest BCUT2D eigenvalue weighted by Gasteiger charge is -2.58. The second-order valence-corrected chi connectivity index (χ2v) is 10.4. The van der Waals surface area contributed by atoms with Gasteiger partial charge in [0.05, 0.1) is 17.9 Å². The average molecular weight is 492 g/mol. The number of aromatic hydroxyl groups is 2. The van der Waals surface area contributed by atoms with Gasteiger partial charge < -0.3 is 19.8 Å². The second kappa shape index (κ2) is 7.95. The Hall–Kier alpha value is -2.65. The van der Waals surface area contributed by atoms with Gasteiger partial charge in [-0.15, -0.1) is 11.8 Å². The van der Waals surface area contributed by atoms with Gasteiger partial charge in [-0.2, -0.15) is 13.2 Å². The molecule has 0 aromatic heterocycles. The van der Waals surface area contributed by atoms with Crippen molar-refractivity contribution in [2.24, 2.45) is 5.92 Å².